The van der Waals surface area contributed by atoms with E-state index < -0.39 is 5.97 Å². The second-order valence-corrected chi connectivity index (χ2v) is 4.33. The van der Waals surface area contributed by atoms with Gasteiger partial charge in [-0.05, 0) is 35.1 Å². The average molecular weight is 298 g/mol. The van der Waals surface area contributed by atoms with Crippen molar-refractivity contribution < 1.29 is 9.53 Å². The predicted molar refractivity (Wildman–Crippen MR) is 67.0 cm³/mol. The highest BCUT2D eigenvalue weighted by atomic mass is 79.9. The first-order valence-electron chi connectivity index (χ1n) is 5.07. The molecule has 0 spiro atoms. The molecule has 0 radical (unpaired) electrons. The van der Waals surface area contributed by atoms with Crippen molar-refractivity contribution in [2.45, 2.75) is 6.54 Å². The predicted octanol–water partition coefficient (Wildman–Crippen LogP) is 1.60. The Labute approximate surface area is 107 Å². The van der Waals surface area contributed by atoms with Crippen LogP contribution >= 0.6 is 15.9 Å². The molecular weight excluding hydrogens is 286 g/mol. The normalized spacial score (nSPS) is 10.8. The number of imidazole rings is 1. The largest absolute Gasteiger partial charge is 0.464 e. The van der Waals surface area contributed by atoms with Gasteiger partial charge in [0.25, 0.3) is 0 Å². The van der Waals surface area contributed by atoms with E-state index in [0.29, 0.717) is 12.2 Å². The summed E-state index contributed by atoms with van der Waals surface area (Å²) in [5.74, 6) is 0.334. The quantitative estimate of drug-likeness (QED) is 0.875. The van der Waals surface area contributed by atoms with Crippen LogP contribution < -0.4 is 5.32 Å². The van der Waals surface area contributed by atoms with E-state index in [1.807, 2.05) is 29.8 Å². The minimum Gasteiger partial charge on any atom is -0.464 e. The number of fused-ring (bicyclic) bond motifs is 1. The molecule has 0 aliphatic heterocycles. The number of halogens is 1. The number of methoxy groups -OCH3 is 1. The summed E-state index contributed by atoms with van der Waals surface area (Å²) in [6, 6.07) is 3.76. The van der Waals surface area contributed by atoms with E-state index in [-0.39, 0.29) is 0 Å². The van der Waals surface area contributed by atoms with Crippen LogP contribution in [0.4, 0.5) is 0 Å². The summed E-state index contributed by atoms with van der Waals surface area (Å²) in [5, 5.41) is 3.02. The van der Waals surface area contributed by atoms with Crippen LogP contribution in [0.5, 0.6) is 0 Å². The fraction of sp³-hybridized carbons (Fsp3) is 0.273. The molecule has 2 aromatic heterocycles. The Morgan fingerprint density at radius 3 is 3.06 bits per heavy atom. The third kappa shape index (κ3) is 2.05. The number of hydrogen-bond donors (Lipinski definition) is 1. The summed E-state index contributed by atoms with van der Waals surface area (Å²) in [4.78, 5) is 16.0. The molecule has 6 heteroatoms. The molecule has 0 aliphatic carbocycles. The smallest absolute Gasteiger partial charge is 0.358 e. The summed E-state index contributed by atoms with van der Waals surface area (Å²) in [7, 11) is 3.18. The van der Waals surface area contributed by atoms with E-state index in [1.54, 1.807) is 0 Å². The second kappa shape index (κ2) is 4.85. The minimum atomic E-state index is -0.434. The van der Waals surface area contributed by atoms with Crippen LogP contribution in [-0.4, -0.2) is 29.5 Å². The van der Waals surface area contributed by atoms with Crippen molar-refractivity contribution in [3.63, 3.8) is 0 Å². The van der Waals surface area contributed by atoms with Crippen LogP contribution in [0.1, 0.15) is 16.3 Å². The van der Waals surface area contributed by atoms with Crippen molar-refractivity contribution in [3.8, 4) is 0 Å². The van der Waals surface area contributed by atoms with Crippen molar-refractivity contribution in [2.75, 3.05) is 14.2 Å². The summed E-state index contributed by atoms with van der Waals surface area (Å²) >= 11 is 3.42. The van der Waals surface area contributed by atoms with E-state index in [0.717, 1.165) is 15.8 Å². The Morgan fingerprint density at radius 2 is 2.41 bits per heavy atom. The molecule has 2 aromatic rings. The maximum absolute atomic E-state index is 11.7. The lowest BCUT2D eigenvalue weighted by Gasteiger charge is -2.01. The van der Waals surface area contributed by atoms with Gasteiger partial charge in [-0.3, -0.25) is 0 Å². The van der Waals surface area contributed by atoms with Crippen molar-refractivity contribution in [3.05, 3.63) is 34.3 Å². The maximum atomic E-state index is 11.7. The summed E-state index contributed by atoms with van der Waals surface area (Å²) in [5.41, 5.74) is 1.05. The fourth-order valence-corrected chi connectivity index (χ4v) is 2.21. The second-order valence-electron chi connectivity index (χ2n) is 3.47. The zero-order valence-corrected chi connectivity index (χ0v) is 11.1. The van der Waals surface area contributed by atoms with Crippen LogP contribution in [0.2, 0.25) is 0 Å². The highest BCUT2D eigenvalue weighted by Gasteiger charge is 2.19. The van der Waals surface area contributed by atoms with Gasteiger partial charge < -0.3 is 14.5 Å². The van der Waals surface area contributed by atoms with Crippen molar-refractivity contribution in [1.82, 2.24) is 14.7 Å². The van der Waals surface area contributed by atoms with Gasteiger partial charge in [-0.25, -0.2) is 9.78 Å². The number of pyridine rings is 1. The van der Waals surface area contributed by atoms with Gasteiger partial charge in [0.1, 0.15) is 5.82 Å². The molecule has 2 heterocycles. The Hall–Kier alpha value is -1.40. The van der Waals surface area contributed by atoms with Gasteiger partial charge in [-0.2, -0.15) is 0 Å². The molecule has 0 saturated heterocycles. The first kappa shape index (κ1) is 12.1. The van der Waals surface area contributed by atoms with E-state index in [1.165, 1.54) is 7.11 Å². The third-order valence-corrected chi connectivity index (χ3v) is 3.04. The number of carbonyl (C=O) groups excluding carboxylic acids is 1. The average Bonchev–Trinajstić information content (AvgIpc) is 2.69. The lowest BCUT2D eigenvalue weighted by atomic mass is 10.3. The van der Waals surface area contributed by atoms with Gasteiger partial charge in [0.15, 0.2) is 5.69 Å². The lowest BCUT2D eigenvalue weighted by molar-refractivity contribution is 0.0596. The molecule has 17 heavy (non-hydrogen) atoms. The maximum Gasteiger partial charge on any atom is 0.358 e. The van der Waals surface area contributed by atoms with Crippen molar-refractivity contribution in [1.29, 1.82) is 0 Å². The van der Waals surface area contributed by atoms with Gasteiger partial charge in [-0.1, -0.05) is 0 Å². The van der Waals surface area contributed by atoms with Gasteiger partial charge in [0, 0.05) is 10.7 Å². The van der Waals surface area contributed by atoms with Gasteiger partial charge in [-0.15, -0.1) is 0 Å². The molecule has 0 atom stereocenters. The van der Waals surface area contributed by atoms with E-state index in [9.17, 15) is 4.79 Å². The number of aromatic nitrogens is 2. The number of nitrogens with zero attached hydrogens (tertiary/aromatic N) is 2. The highest BCUT2D eigenvalue weighted by Crippen LogP contribution is 2.23. The Bertz CT molecular complexity index is 565. The standard InChI is InChI=1S/C11H12BrN3O2/c1-13-6-8-14-9(11(16)17-2)10-7(12)4-3-5-15(8)10/h3-5,13H,6H2,1-2H3. The molecule has 0 unspecified atom stereocenters. The van der Waals surface area contributed by atoms with Crippen LogP contribution in [0.25, 0.3) is 5.52 Å². The van der Waals surface area contributed by atoms with Crippen LogP contribution in [0.3, 0.4) is 0 Å². The molecule has 0 bridgehead atoms. The number of nitrogens with one attached hydrogen (secondary N) is 1. The Kier molecular flexibility index (Phi) is 3.44. The van der Waals surface area contributed by atoms with Crippen molar-refractivity contribution in [2.24, 2.45) is 0 Å². The van der Waals surface area contributed by atoms with Gasteiger partial charge in [0.05, 0.1) is 19.2 Å². The zero-order chi connectivity index (χ0) is 12.4. The van der Waals surface area contributed by atoms with Crippen LogP contribution in [-0.2, 0) is 11.3 Å². The number of rotatable bonds is 3. The molecule has 0 aliphatic rings. The van der Waals surface area contributed by atoms with Crippen LogP contribution in [0.15, 0.2) is 22.8 Å². The number of carbonyl (C=O) groups is 1. The number of hydrogen-bond acceptors (Lipinski definition) is 4. The molecule has 2 rings (SSSR count). The van der Waals surface area contributed by atoms with E-state index in [2.05, 4.69) is 26.2 Å². The van der Waals surface area contributed by atoms with E-state index >= 15 is 0 Å². The fourth-order valence-electron chi connectivity index (χ4n) is 1.68. The summed E-state index contributed by atoms with van der Waals surface area (Å²) < 4.78 is 7.42. The Balaban J connectivity index is 2.71. The van der Waals surface area contributed by atoms with E-state index in [4.69, 9.17) is 4.74 Å². The van der Waals surface area contributed by atoms with Gasteiger partial charge >= 0.3 is 5.97 Å². The zero-order valence-electron chi connectivity index (χ0n) is 9.53. The summed E-state index contributed by atoms with van der Waals surface area (Å²) in [6.45, 7) is 0.578. The molecule has 0 amide bonds. The molecule has 0 aromatic carbocycles. The molecular formula is C11H12BrN3O2. The lowest BCUT2D eigenvalue weighted by Crippen LogP contribution is -2.09. The number of ether oxygens (including phenoxy) is 1. The third-order valence-electron chi connectivity index (χ3n) is 2.40. The summed E-state index contributed by atoms with van der Waals surface area (Å²) in [6.07, 6.45) is 1.87. The van der Waals surface area contributed by atoms with Crippen molar-refractivity contribution >= 4 is 27.4 Å². The SMILES string of the molecule is CNCc1nc(C(=O)OC)c2c(Br)cccn12. The number of esters is 1. The van der Waals surface area contributed by atoms with Crippen LogP contribution in [0, 0.1) is 0 Å². The monoisotopic (exact) mass is 297 g/mol. The first-order chi connectivity index (χ1) is 8.19. The molecule has 0 fully saturated rings. The van der Waals surface area contributed by atoms with Gasteiger partial charge in [0.2, 0.25) is 0 Å². The topological polar surface area (TPSA) is 55.6 Å². The Morgan fingerprint density at radius 1 is 1.65 bits per heavy atom. The molecule has 90 valence electrons. The first-order valence-corrected chi connectivity index (χ1v) is 5.86. The highest BCUT2D eigenvalue weighted by molar-refractivity contribution is 9.10. The molecule has 1 N–H and O–H groups in total. The molecule has 0 saturated carbocycles. The molecule has 5 nitrogen and oxygen atoms in total. The minimum absolute atomic E-state index is 0.324.